The van der Waals surface area contributed by atoms with Crippen LogP contribution in [0.5, 0.6) is 5.88 Å². The molecule has 3 aromatic rings. The Morgan fingerprint density at radius 3 is 2.53 bits per heavy atom. The van der Waals surface area contributed by atoms with Crippen LogP contribution in [0.3, 0.4) is 0 Å². The first kappa shape index (κ1) is 25.2. The molecule has 1 atom stereocenters. The van der Waals surface area contributed by atoms with Gasteiger partial charge in [-0.1, -0.05) is 17.5 Å². The van der Waals surface area contributed by atoms with Gasteiger partial charge in [0, 0.05) is 44.7 Å². The Hall–Kier alpha value is -3.39. The minimum absolute atomic E-state index is 0.00997. The van der Waals surface area contributed by atoms with E-state index in [4.69, 9.17) is 22.8 Å². The minimum atomic E-state index is -3.74. The number of terminal acetylenes is 1. The predicted octanol–water partition coefficient (Wildman–Crippen LogP) is 2.11. The maximum absolute atomic E-state index is 13.5. The fraction of sp³-hybridized carbons (Fsp3) is 0.261. The zero-order chi connectivity index (χ0) is 25.4. The van der Waals surface area contributed by atoms with Crippen molar-refractivity contribution in [3.05, 3.63) is 63.6 Å². The molecule has 9 nitrogen and oxygen atoms in total. The number of aryl methyl sites for hydroxylation is 3. The summed E-state index contributed by atoms with van der Waals surface area (Å²) in [7, 11) is -0.476. The van der Waals surface area contributed by atoms with Gasteiger partial charge in [0.25, 0.3) is 0 Å². The number of aromatic nitrogens is 3. The molecule has 0 bridgehead atoms. The highest BCUT2D eigenvalue weighted by Crippen LogP contribution is 2.33. The molecule has 0 aliphatic carbocycles. The lowest BCUT2D eigenvalue weighted by atomic mass is 9.98. The first-order chi connectivity index (χ1) is 15.8. The van der Waals surface area contributed by atoms with Crippen molar-refractivity contribution in [1.29, 1.82) is 0 Å². The van der Waals surface area contributed by atoms with Crippen molar-refractivity contribution >= 4 is 33.2 Å². The highest BCUT2D eigenvalue weighted by Gasteiger charge is 2.29. The molecule has 11 heteroatoms. The number of hydrogen-bond acceptors (Lipinski definition) is 7. The van der Waals surface area contributed by atoms with Gasteiger partial charge >= 0.3 is 5.97 Å². The lowest BCUT2D eigenvalue weighted by Crippen LogP contribution is -2.16. The fourth-order valence-corrected chi connectivity index (χ4v) is 4.82. The van der Waals surface area contributed by atoms with Gasteiger partial charge in [0.15, 0.2) is 9.84 Å². The average Bonchev–Trinajstić information content (AvgIpc) is 3.30. The summed E-state index contributed by atoms with van der Waals surface area (Å²) in [5.41, 5.74) is 0.508. The molecule has 1 N–H and O–H groups in total. The molecule has 0 aliphatic rings. The van der Waals surface area contributed by atoms with Crippen molar-refractivity contribution in [2.75, 3.05) is 6.26 Å². The van der Waals surface area contributed by atoms with Crippen molar-refractivity contribution in [2.24, 2.45) is 14.1 Å². The Morgan fingerprint density at radius 1 is 1.29 bits per heavy atom. The third kappa shape index (κ3) is 4.92. The van der Waals surface area contributed by atoms with Crippen LogP contribution in [0.1, 0.15) is 37.5 Å². The van der Waals surface area contributed by atoms with E-state index < -0.39 is 27.7 Å². The van der Waals surface area contributed by atoms with E-state index >= 15 is 0 Å². The third-order valence-corrected chi connectivity index (χ3v) is 6.70. The number of ether oxygens (including phenoxy) is 1. The molecule has 0 fully saturated rings. The van der Waals surface area contributed by atoms with E-state index in [1.165, 1.54) is 23.9 Å². The van der Waals surface area contributed by atoms with E-state index in [0.717, 1.165) is 6.26 Å². The Morgan fingerprint density at radius 2 is 1.97 bits per heavy atom. The Balaban J connectivity index is 2.11. The maximum Gasteiger partial charge on any atom is 0.346 e. The largest absolute Gasteiger partial charge is 0.403 e. The number of benzene rings is 1. The number of aliphatic hydroxyl groups is 1. The second-order valence-electron chi connectivity index (χ2n) is 7.74. The molecule has 2 aromatic heterocycles. The van der Waals surface area contributed by atoms with Gasteiger partial charge in [0.05, 0.1) is 21.2 Å². The number of ketones is 1. The van der Waals surface area contributed by atoms with Gasteiger partial charge in [0.2, 0.25) is 11.7 Å². The number of sulfone groups is 1. The highest BCUT2D eigenvalue weighted by molar-refractivity contribution is 7.90. The van der Waals surface area contributed by atoms with Gasteiger partial charge in [0.1, 0.15) is 11.7 Å². The SMILES string of the molecule is C#CC(O)Cc1c(S(C)(=O)=O)ccc(C(=O)c2c(C)nn(C)c2OC(=O)c2ccn(C)c2)c1Cl. The van der Waals surface area contributed by atoms with Crippen molar-refractivity contribution in [2.45, 2.75) is 24.3 Å². The quantitative estimate of drug-likeness (QED) is 0.298. The number of carbonyl (C=O) groups is 2. The third-order valence-electron chi connectivity index (χ3n) is 5.09. The summed E-state index contributed by atoms with van der Waals surface area (Å²) in [6.07, 6.45) is 7.87. The normalized spacial score (nSPS) is 12.3. The molecule has 0 saturated heterocycles. The van der Waals surface area contributed by atoms with E-state index in [0.29, 0.717) is 0 Å². The molecule has 178 valence electrons. The molecular formula is C23H22ClN3O6S. The van der Waals surface area contributed by atoms with Gasteiger partial charge in [-0.2, -0.15) is 5.10 Å². The number of rotatable bonds is 7. The first-order valence-electron chi connectivity index (χ1n) is 9.93. The van der Waals surface area contributed by atoms with Crippen LogP contribution in [0.2, 0.25) is 5.02 Å². The maximum atomic E-state index is 13.5. The van der Waals surface area contributed by atoms with Crippen molar-refractivity contribution in [3.63, 3.8) is 0 Å². The van der Waals surface area contributed by atoms with Crippen LogP contribution in [0, 0.1) is 19.3 Å². The smallest absolute Gasteiger partial charge is 0.346 e. The minimum Gasteiger partial charge on any atom is -0.403 e. The molecule has 3 rings (SSSR count). The lowest BCUT2D eigenvalue weighted by Gasteiger charge is -2.15. The van der Waals surface area contributed by atoms with Gasteiger partial charge in [-0.25, -0.2) is 17.9 Å². The number of esters is 1. The van der Waals surface area contributed by atoms with Crippen LogP contribution in [0.4, 0.5) is 0 Å². The van der Waals surface area contributed by atoms with Crippen LogP contribution >= 0.6 is 11.6 Å². The topological polar surface area (TPSA) is 120 Å². The molecule has 0 aliphatic heterocycles. The van der Waals surface area contributed by atoms with Crippen LogP contribution in [-0.4, -0.2) is 52.0 Å². The summed E-state index contributed by atoms with van der Waals surface area (Å²) in [6.45, 7) is 1.56. The van der Waals surface area contributed by atoms with Gasteiger partial charge in [-0.15, -0.1) is 6.42 Å². The summed E-state index contributed by atoms with van der Waals surface area (Å²) >= 11 is 6.48. The number of aliphatic hydroxyl groups excluding tert-OH is 1. The zero-order valence-corrected chi connectivity index (χ0v) is 20.4. The van der Waals surface area contributed by atoms with Crippen LogP contribution in [0.15, 0.2) is 35.5 Å². The second kappa shape index (κ2) is 9.46. The molecule has 1 unspecified atom stereocenters. The molecule has 34 heavy (non-hydrogen) atoms. The molecule has 0 saturated carbocycles. The number of nitrogens with zero attached hydrogens (tertiary/aromatic N) is 3. The number of carbonyl (C=O) groups excluding carboxylic acids is 2. The molecule has 0 amide bonds. The Labute approximate surface area is 201 Å². The van der Waals surface area contributed by atoms with E-state index in [1.807, 2.05) is 0 Å². The average molecular weight is 504 g/mol. The standard InChI is InChI=1S/C23H22ClN3O6S/c1-6-15(28)11-17-18(34(5,31)32)8-7-16(20(17)24)21(29)19-13(2)25-27(4)22(19)33-23(30)14-9-10-26(3)12-14/h1,7-10,12,15,28H,11H2,2-5H3. The van der Waals surface area contributed by atoms with Crippen LogP contribution in [0.25, 0.3) is 0 Å². The summed E-state index contributed by atoms with van der Waals surface area (Å²) in [4.78, 5) is 26.0. The fourth-order valence-electron chi connectivity index (χ4n) is 3.49. The van der Waals surface area contributed by atoms with Crippen molar-refractivity contribution in [1.82, 2.24) is 14.3 Å². The summed E-state index contributed by atoms with van der Waals surface area (Å²) in [5, 5.41) is 13.9. The zero-order valence-electron chi connectivity index (χ0n) is 18.9. The summed E-state index contributed by atoms with van der Waals surface area (Å²) < 4.78 is 32.9. The lowest BCUT2D eigenvalue weighted by molar-refractivity contribution is 0.0718. The van der Waals surface area contributed by atoms with Crippen molar-refractivity contribution in [3.8, 4) is 18.2 Å². The molecular weight excluding hydrogens is 482 g/mol. The summed E-state index contributed by atoms with van der Waals surface area (Å²) in [5.74, 6) is 0.690. The second-order valence-corrected chi connectivity index (χ2v) is 10.1. The van der Waals surface area contributed by atoms with Crippen molar-refractivity contribution < 1.29 is 27.9 Å². The van der Waals surface area contributed by atoms with Gasteiger partial charge in [-0.3, -0.25) is 4.79 Å². The van der Waals surface area contributed by atoms with Gasteiger partial charge in [-0.05, 0) is 30.7 Å². The number of hydrogen-bond donors (Lipinski definition) is 1. The molecule has 0 spiro atoms. The first-order valence-corrected chi connectivity index (χ1v) is 12.2. The Bertz CT molecular complexity index is 1450. The van der Waals surface area contributed by atoms with Crippen LogP contribution in [-0.2, 0) is 30.4 Å². The predicted molar refractivity (Wildman–Crippen MR) is 125 cm³/mol. The monoisotopic (exact) mass is 503 g/mol. The van der Waals surface area contributed by atoms with E-state index in [9.17, 15) is 23.1 Å². The Kier molecular flexibility index (Phi) is 7.02. The molecule has 2 heterocycles. The summed E-state index contributed by atoms with van der Waals surface area (Å²) in [6, 6.07) is 4.06. The number of halogens is 1. The van der Waals surface area contributed by atoms with E-state index in [-0.39, 0.29) is 50.2 Å². The van der Waals surface area contributed by atoms with Gasteiger partial charge < -0.3 is 14.4 Å². The molecule has 1 aromatic carbocycles. The molecule has 0 radical (unpaired) electrons. The van der Waals surface area contributed by atoms with Crippen LogP contribution < -0.4 is 4.74 Å². The van der Waals surface area contributed by atoms with E-state index in [1.54, 1.807) is 37.0 Å². The van der Waals surface area contributed by atoms with E-state index in [2.05, 4.69) is 11.0 Å². The highest BCUT2D eigenvalue weighted by atomic mass is 35.5.